The molecule has 0 unspecified atom stereocenters. The normalized spacial score (nSPS) is 11.5. The quantitative estimate of drug-likeness (QED) is 0.238. The van der Waals surface area contributed by atoms with Gasteiger partial charge in [0, 0.05) is 45.7 Å². The number of halogens is 1. The summed E-state index contributed by atoms with van der Waals surface area (Å²) >= 11 is 0. The molecule has 0 atom stereocenters. The van der Waals surface area contributed by atoms with E-state index in [1.165, 1.54) is 6.07 Å². The zero-order chi connectivity index (χ0) is 26.4. The fourth-order valence-corrected chi connectivity index (χ4v) is 4.65. The molecule has 1 amide bonds. The van der Waals surface area contributed by atoms with Gasteiger partial charge in [0.1, 0.15) is 11.5 Å². The number of rotatable bonds is 5. The van der Waals surface area contributed by atoms with Crippen LogP contribution in [0.4, 0.5) is 10.1 Å². The molecule has 2 aromatic carbocycles. The zero-order valence-electron chi connectivity index (χ0n) is 21.1. The Kier molecular flexibility index (Phi) is 5.72. The Morgan fingerprint density at radius 2 is 1.79 bits per heavy atom. The number of benzene rings is 2. The number of hydrogen-bond donors (Lipinski definition) is 3. The molecule has 6 rings (SSSR count). The van der Waals surface area contributed by atoms with Gasteiger partial charge < -0.3 is 10.3 Å². The first kappa shape index (κ1) is 23.5. The van der Waals surface area contributed by atoms with E-state index >= 15 is 0 Å². The number of fused-ring (bicyclic) bond motifs is 2. The van der Waals surface area contributed by atoms with Crippen molar-refractivity contribution in [2.75, 3.05) is 5.32 Å². The lowest BCUT2D eigenvalue weighted by Gasteiger charge is -2.09. The number of aromatic nitrogens is 5. The Morgan fingerprint density at radius 1 is 0.947 bits per heavy atom. The van der Waals surface area contributed by atoms with E-state index in [1.54, 1.807) is 24.7 Å². The smallest absolute Gasteiger partial charge is 0.226 e. The van der Waals surface area contributed by atoms with E-state index in [2.05, 4.69) is 30.5 Å². The van der Waals surface area contributed by atoms with Crippen LogP contribution in [0.1, 0.15) is 19.4 Å². The average Bonchev–Trinajstić information content (AvgIpc) is 3.51. The molecule has 0 spiro atoms. The van der Waals surface area contributed by atoms with Gasteiger partial charge in [0.2, 0.25) is 5.91 Å². The van der Waals surface area contributed by atoms with Crippen LogP contribution in [0, 0.1) is 18.7 Å². The predicted molar refractivity (Wildman–Crippen MR) is 148 cm³/mol. The average molecular weight is 505 g/mol. The molecule has 6 aromatic rings. The van der Waals surface area contributed by atoms with Gasteiger partial charge in [0.15, 0.2) is 5.65 Å². The number of nitrogens with zero attached hydrogens (tertiary/aromatic N) is 3. The van der Waals surface area contributed by atoms with Crippen molar-refractivity contribution in [3.63, 3.8) is 0 Å². The van der Waals surface area contributed by atoms with Crippen molar-refractivity contribution in [3.05, 3.63) is 84.6 Å². The first-order valence-electron chi connectivity index (χ1n) is 12.4. The number of carbonyl (C=O) groups is 1. The highest BCUT2D eigenvalue weighted by Crippen LogP contribution is 2.35. The third kappa shape index (κ3) is 4.30. The summed E-state index contributed by atoms with van der Waals surface area (Å²) in [5, 5.41) is 12.3. The van der Waals surface area contributed by atoms with E-state index in [1.807, 2.05) is 63.2 Å². The van der Waals surface area contributed by atoms with Gasteiger partial charge in [0.05, 0.1) is 17.6 Å². The lowest BCUT2D eigenvalue weighted by atomic mass is 9.99. The topological polar surface area (TPSA) is 99.3 Å². The third-order valence-electron chi connectivity index (χ3n) is 6.55. The molecule has 0 saturated carbocycles. The largest absolute Gasteiger partial charge is 0.353 e. The van der Waals surface area contributed by atoms with E-state index in [-0.39, 0.29) is 17.6 Å². The lowest BCUT2D eigenvalue weighted by molar-refractivity contribution is -0.118. The number of anilines is 1. The van der Waals surface area contributed by atoms with Crippen molar-refractivity contribution < 1.29 is 9.18 Å². The summed E-state index contributed by atoms with van der Waals surface area (Å²) in [6.45, 7) is 5.58. The van der Waals surface area contributed by atoms with Crippen LogP contribution in [0.2, 0.25) is 0 Å². The minimum Gasteiger partial charge on any atom is -0.353 e. The number of aryl methyl sites for hydroxylation is 1. The van der Waals surface area contributed by atoms with E-state index in [4.69, 9.17) is 0 Å². The summed E-state index contributed by atoms with van der Waals surface area (Å²) in [5.74, 6) is -0.458. The number of pyridine rings is 2. The molecule has 0 aliphatic heterocycles. The predicted octanol–water partition coefficient (Wildman–Crippen LogP) is 6.88. The standard InChI is InChI=1S/C30H25FN6O/c1-16(2)30(38)34-22-10-19(13-32-15-22)20-11-25-28(36-37-29(25)33-14-20)27-12-24-23(5-4-6-26(24)35-27)18-7-17(3)8-21(31)9-18/h4-16,35H,1-3H3,(H,34,38)(H,33,36,37). The molecule has 7 nitrogen and oxygen atoms in total. The highest BCUT2D eigenvalue weighted by atomic mass is 19.1. The molecule has 8 heteroatoms. The highest BCUT2D eigenvalue weighted by molar-refractivity contribution is 6.01. The van der Waals surface area contributed by atoms with Gasteiger partial charge in [-0.15, -0.1) is 0 Å². The van der Waals surface area contributed by atoms with Gasteiger partial charge in [-0.2, -0.15) is 5.10 Å². The fraction of sp³-hybridized carbons (Fsp3) is 0.133. The number of H-pyrrole nitrogens is 2. The van der Waals surface area contributed by atoms with Gasteiger partial charge in [-0.1, -0.05) is 32.0 Å². The highest BCUT2D eigenvalue weighted by Gasteiger charge is 2.16. The Balaban J connectivity index is 1.42. The molecular formula is C30H25FN6O. The van der Waals surface area contributed by atoms with Crippen LogP contribution in [0.15, 0.2) is 73.2 Å². The first-order valence-corrected chi connectivity index (χ1v) is 12.4. The van der Waals surface area contributed by atoms with Crippen molar-refractivity contribution in [3.8, 4) is 33.6 Å². The second-order valence-corrected chi connectivity index (χ2v) is 9.77. The summed E-state index contributed by atoms with van der Waals surface area (Å²) in [6, 6.07) is 16.9. The molecule has 0 aliphatic carbocycles. The summed E-state index contributed by atoms with van der Waals surface area (Å²) in [4.78, 5) is 24.5. The maximum atomic E-state index is 14.2. The number of hydrogen-bond acceptors (Lipinski definition) is 4. The molecule has 188 valence electrons. The third-order valence-corrected chi connectivity index (χ3v) is 6.55. The lowest BCUT2D eigenvalue weighted by Crippen LogP contribution is -2.17. The Bertz CT molecular complexity index is 1810. The van der Waals surface area contributed by atoms with Gasteiger partial charge in [0.25, 0.3) is 0 Å². The number of carbonyl (C=O) groups excluding carboxylic acids is 1. The van der Waals surface area contributed by atoms with Crippen LogP contribution in [-0.4, -0.2) is 31.1 Å². The molecule has 0 bridgehead atoms. The van der Waals surface area contributed by atoms with E-state index in [0.29, 0.717) is 11.3 Å². The van der Waals surface area contributed by atoms with E-state index in [9.17, 15) is 9.18 Å². The summed E-state index contributed by atoms with van der Waals surface area (Å²) < 4.78 is 14.2. The van der Waals surface area contributed by atoms with Crippen LogP contribution >= 0.6 is 0 Å². The van der Waals surface area contributed by atoms with Crippen LogP contribution < -0.4 is 5.32 Å². The minimum absolute atomic E-state index is 0.0683. The van der Waals surface area contributed by atoms with Crippen molar-refractivity contribution in [2.45, 2.75) is 20.8 Å². The van der Waals surface area contributed by atoms with Crippen molar-refractivity contribution in [1.29, 1.82) is 0 Å². The van der Waals surface area contributed by atoms with Crippen LogP contribution in [-0.2, 0) is 4.79 Å². The van der Waals surface area contributed by atoms with Gasteiger partial charge in [-0.05, 0) is 60.0 Å². The van der Waals surface area contributed by atoms with Crippen LogP contribution in [0.3, 0.4) is 0 Å². The molecule has 0 radical (unpaired) electrons. The molecule has 0 aliphatic rings. The number of aromatic amines is 2. The second kappa shape index (κ2) is 9.23. The fourth-order valence-electron chi connectivity index (χ4n) is 4.65. The van der Waals surface area contributed by atoms with Gasteiger partial charge >= 0.3 is 0 Å². The van der Waals surface area contributed by atoms with Crippen molar-refractivity contribution in [2.24, 2.45) is 5.92 Å². The molecular weight excluding hydrogens is 479 g/mol. The summed E-state index contributed by atoms with van der Waals surface area (Å²) in [6.07, 6.45) is 5.12. The van der Waals surface area contributed by atoms with Crippen LogP contribution in [0.25, 0.3) is 55.6 Å². The van der Waals surface area contributed by atoms with Crippen LogP contribution in [0.5, 0.6) is 0 Å². The molecule has 0 fully saturated rings. The second-order valence-electron chi connectivity index (χ2n) is 9.77. The molecule has 3 N–H and O–H groups in total. The Hall–Kier alpha value is -4.85. The molecule has 0 saturated heterocycles. The Labute approximate surface area is 218 Å². The van der Waals surface area contributed by atoms with Crippen molar-refractivity contribution in [1.82, 2.24) is 25.1 Å². The maximum absolute atomic E-state index is 14.2. The molecule has 4 aromatic heterocycles. The molecule has 4 heterocycles. The number of amides is 1. The summed E-state index contributed by atoms with van der Waals surface area (Å²) in [7, 11) is 0. The molecule has 38 heavy (non-hydrogen) atoms. The monoisotopic (exact) mass is 504 g/mol. The minimum atomic E-state index is -0.257. The summed E-state index contributed by atoms with van der Waals surface area (Å²) in [5.41, 5.74) is 8.07. The SMILES string of the molecule is Cc1cc(F)cc(-c2cccc3[nH]c(-c4n[nH]c5ncc(-c6cncc(NC(=O)C(C)C)c6)cc45)cc23)c1. The zero-order valence-corrected chi connectivity index (χ0v) is 21.1. The van der Waals surface area contributed by atoms with Crippen molar-refractivity contribution >= 4 is 33.5 Å². The van der Waals surface area contributed by atoms with Gasteiger partial charge in [-0.3, -0.25) is 14.9 Å². The van der Waals surface area contributed by atoms with E-state index < -0.39 is 0 Å². The van der Waals surface area contributed by atoms with E-state index in [0.717, 1.165) is 55.5 Å². The van der Waals surface area contributed by atoms with Gasteiger partial charge in [-0.25, -0.2) is 9.37 Å². The first-order chi connectivity index (χ1) is 18.4. The maximum Gasteiger partial charge on any atom is 0.226 e. The number of nitrogens with one attached hydrogen (secondary N) is 3. The Morgan fingerprint density at radius 3 is 2.61 bits per heavy atom.